The zero-order valence-corrected chi connectivity index (χ0v) is 8.46. The molecule has 0 saturated heterocycles. The van der Waals surface area contributed by atoms with E-state index in [-0.39, 0.29) is 0 Å². The van der Waals surface area contributed by atoms with Gasteiger partial charge in [-0.3, -0.25) is 0 Å². The minimum Gasteiger partial charge on any atom is -0.0845 e. The van der Waals surface area contributed by atoms with E-state index < -0.39 is 0 Å². The van der Waals surface area contributed by atoms with Crippen molar-refractivity contribution in [3.05, 3.63) is 12.2 Å². The molecule has 66 valence electrons. The van der Waals surface area contributed by atoms with Gasteiger partial charge >= 0.3 is 0 Å². The van der Waals surface area contributed by atoms with E-state index in [0.29, 0.717) is 10.8 Å². The lowest BCUT2D eigenvalue weighted by Crippen LogP contribution is -2.34. The van der Waals surface area contributed by atoms with Crippen molar-refractivity contribution in [2.75, 3.05) is 0 Å². The number of fused-ring (bicyclic) bond motifs is 1. The average Bonchev–Trinajstić information content (AvgIpc) is 2.48. The zero-order chi connectivity index (χ0) is 8.72. The van der Waals surface area contributed by atoms with Gasteiger partial charge in [-0.15, -0.1) is 0 Å². The molecular weight excluding hydrogens is 144 g/mol. The Balaban J connectivity index is 2.12. The highest BCUT2D eigenvalue weighted by atomic mass is 14.8. The maximum Gasteiger partial charge on any atom is -0.0140 e. The Morgan fingerprint density at radius 3 is 2.08 bits per heavy atom. The molecule has 4 unspecified atom stereocenters. The van der Waals surface area contributed by atoms with Crippen LogP contribution < -0.4 is 0 Å². The molecule has 0 nitrogen and oxygen atoms in total. The monoisotopic (exact) mass is 162 g/mol. The highest BCUT2D eigenvalue weighted by molar-refractivity contribution is 5.32. The van der Waals surface area contributed by atoms with Crippen molar-refractivity contribution in [2.45, 2.75) is 27.7 Å². The highest BCUT2D eigenvalue weighted by Crippen LogP contribution is 2.78. The number of hydrogen-bond acceptors (Lipinski definition) is 0. The normalized spacial score (nSPS) is 55.7. The molecule has 2 fully saturated rings. The zero-order valence-electron chi connectivity index (χ0n) is 8.46. The van der Waals surface area contributed by atoms with Gasteiger partial charge in [0.1, 0.15) is 0 Å². The maximum absolute atomic E-state index is 2.49. The summed E-state index contributed by atoms with van der Waals surface area (Å²) in [6.07, 6.45) is 4.97. The quantitative estimate of drug-likeness (QED) is 0.480. The fourth-order valence-corrected chi connectivity index (χ4v) is 3.99. The fourth-order valence-electron chi connectivity index (χ4n) is 3.99. The second-order valence-electron chi connectivity index (χ2n) is 6.03. The third-order valence-corrected chi connectivity index (χ3v) is 5.42. The fraction of sp³-hybridized carbons (Fsp3) is 0.833. The minimum atomic E-state index is 0.534. The second-order valence-corrected chi connectivity index (χ2v) is 6.03. The highest BCUT2D eigenvalue weighted by Gasteiger charge is 2.73. The van der Waals surface area contributed by atoms with E-state index in [0.717, 1.165) is 23.7 Å². The molecule has 4 atom stereocenters. The van der Waals surface area contributed by atoms with E-state index in [1.165, 1.54) is 0 Å². The molecule has 0 heterocycles. The van der Waals surface area contributed by atoms with E-state index in [1.807, 2.05) is 0 Å². The molecule has 0 amide bonds. The first-order valence-electron chi connectivity index (χ1n) is 5.16. The summed E-state index contributed by atoms with van der Waals surface area (Å²) in [5, 5.41) is 0. The molecule has 3 aliphatic rings. The third-order valence-electron chi connectivity index (χ3n) is 5.42. The summed E-state index contributed by atoms with van der Waals surface area (Å²) in [6.45, 7) is 9.85. The lowest BCUT2D eigenvalue weighted by Gasteiger charge is -2.41. The van der Waals surface area contributed by atoms with Crippen molar-refractivity contribution in [1.29, 1.82) is 0 Å². The first-order chi connectivity index (χ1) is 5.48. The summed E-state index contributed by atoms with van der Waals surface area (Å²) in [6, 6.07) is 0. The second kappa shape index (κ2) is 1.54. The molecule has 0 N–H and O–H groups in total. The van der Waals surface area contributed by atoms with Crippen molar-refractivity contribution >= 4 is 0 Å². The smallest absolute Gasteiger partial charge is 0.0140 e. The summed E-state index contributed by atoms with van der Waals surface area (Å²) in [5.41, 5.74) is 1.10. The summed E-state index contributed by atoms with van der Waals surface area (Å²) in [5.74, 6) is 3.91. The van der Waals surface area contributed by atoms with Gasteiger partial charge in [0.15, 0.2) is 0 Å². The molecule has 0 aromatic rings. The Morgan fingerprint density at radius 2 is 1.58 bits per heavy atom. The lowest BCUT2D eigenvalue weighted by atomic mass is 9.64. The predicted molar refractivity (Wildman–Crippen MR) is 50.7 cm³/mol. The molecule has 3 aliphatic carbocycles. The van der Waals surface area contributed by atoms with Gasteiger partial charge in [0.05, 0.1) is 0 Å². The molecule has 0 spiro atoms. The largest absolute Gasteiger partial charge is 0.0845 e. The number of allylic oxidation sites excluding steroid dienone is 2. The van der Waals surface area contributed by atoms with Crippen LogP contribution in [-0.4, -0.2) is 0 Å². The van der Waals surface area contributed by atoms with E-state index in [4.69, 9.17) is 0 Å². The van der Waals surface area contributed by atoms with Crippen LogP contribution in [0.15, 0.2) is 12.2 Å². The maximum atomic E-state index is 2.49. The summed E-state index contributed by atoms with van der Waals surface area (Å²) in [4.78, 5) is 0. The van der Waals surface area contributed by atoms with Gasteiger partial charge < -0.3 is 0 Å². The van der Waals surface area contributed by atoms with Crippen LogP contribution in [0.5, 0.6) is 0 Å². The van der Waals surface area contributed by atoms with Crippen LogP contribution in [0.3, 0.4) is 0 Å². The standard InChI is InChI=1S/C12H18/c1-11(2)8-6-5-7-9(8)10(7)12(11,3)4/h5-10H,1-4H3. The molecule has 3 rings (SSSR count). The van der Waals surface area contributed by atoms with Gasteiger partial charge in [-0.05, 0) is 34.5 Å². The molecule has 12 heavy (non-hydrogen) atoms. The average molecular weight is 162 g/mol. The van der Waals surface area contributed by atoms with Gasteiger partial charge in [0, 0.05) is 0 Å². The molecule has 0 aromatic carbocycles. The Hall–Kier alpha value is -0.260. The first-order valence-corrected chi connectivity index (χ1v) is 5.16. The Kier molecular flexibility index (Phi) is 0.919. The van der Waals surface area contributed by atoms with E-state index in [2.05, 4.69) is 39.8 Å². The summed E-state index contributed by atoms with van der Waals surface area (Å²) < 4.78 is 0. The molecule has 0 aromatic heterocycles. The van der Waals surface area contributed by atoms with Crippen LogP contribution in [0, 0.1) is 34.5 Å². The minimum absolute atomic E-state index is 0.534. The number of rotatable bonds is 0. The summed E-state index contributed by atoms with van der Waals surface area (Å²) in [7, 11) is 0. The van der Waals surface area contributed by atoms with Crippen molar-refractivity contribution in [2.24, 2.45) is 34.5 Å². The van der Waals surface area contributed by atoms with Crippen molar-refractivity contribution in [3.63, 3.8) is 0 Å². The van der Waals surface area contributed by atoms with E-state index in [1.54, 1.807) is 0 Å². The topological polar surface area (TPSA) is 0 Å². The van der Waals surface area contributed by atoms with Gasteiger partial charge in [-0.25, -0.2) is 0 Å². The van der Waals surface area contributed by atoms with Gasteiger partial charge in [-0.2, -0.15) is 0 Å². The predicted octanol–water partition coefficient (Wildman–Crippen LogP) is 3.10. The van der Waals surface area contributed by atoms with Crippen LogP contribution in [0.2, 0.25) is 0 Å². The molecular formula is C12H18. The van der Waals surface area contributed by atoms with Gasteiger partial charge in [0.25, 0.3) is 0 Å². The molecule has 0 bridgehead atoms. The van der Waals surface area contributed by atoms with Crippen LogP contribution >= 0.6 is 0 Å². The van der Waals surface area contributed by atoms with Crippen molar-refractivity contribution in [1.82, 2.24) is 0 Å². The van der Waals surface area contributed by atoms with Crippen molar-refractivity contribution in [3.8, 4) is 0 Å². The van der Waals surface area contributed by atoms with Crippen LogP contribution in [0.4, 0.5) is 0 Å². The number of hydrogen-bond donors (Lipinski definition) is 0. The van der Waals surface area contributed by atoms with Crippen LogP contribution in [-0.2, 0) is 0 Å². The summed E-state index contributed by atoms with van der Waals surface area (Å²) >= 11 is 0. The van der Waals surface area contributed by atoms with E-state index in [9.17, 15) is 0 Å². The lowest BCUT2D eigenvalue weighted by molar-refractivity contribution is 0.0856. The van der Waals surface area contributed by atoms with Crippen LogP contribution in [0.1, 0.15) is 27.7 Å². The van der Waals surface area contributed by atoms with Crippen LogP contribution in [0.25, 0.3) is 0 Å². The third kappa shape index (κ3) is 0.471. The van der Waals surface area contributed by atoms with Gasteiger partial charge in [0.2, 0.25) is 0 Å². The Morgan fingerprint density at radius 1 is 0.917 bits per heavy atom. The van der Waals surface area contributed by atoms with E-state index >= 15 is 0 Å². The molecule has 0 radical (unpaired) electrons. The van der Waals surface area contributed by atoms with Gasteiger partial charge in [-0.1, -0.05) is 39.8 Å². The Bertz CT molecular complexity index is 270. The molecule has 0 heteroatoms. The SMILES string of the molecule is CC1(C)C2C=CC3C2C3C1(C)C. The molecule has 0 aliphatic heterocycles. The Labute approximate surface area is 75.0 Å². The first kappa shape index (κ1) is 7.17. The molecule has 2 saturated carbocycles. The van der Waals surface area contributed by atoms with Crippen molar-refractivity contribution < 1.29 is 0 Å².